The van der Waals surface area contributed by atoms with Gasteiger partial charge >= 0.3 is 0 Å². The molecule has 0 spiro atoms. The van der Waals surface area contributed by atoms with E-state index in [1.54, 1.807) is 4.53 Å². The first-order valence-corrected chi connectivity index (χ1v) is 4.16. The van der Waals surface area contributed by atoms with Crippen LogP contribution in [0.2, 0.25) is 0 Å². The summed E-state index contributed by atoms with van der Waals surface area (Å²) in [6.07, 6.45) is 3.97. The molecule has 1 aromatic carbocycles. The summed E-state index contributed by atoms with van der Waals surface area (Å²) >= 11 is 5.91. The molecule has 3 heteroatoms. The topological polar surface area (TPSA) is 6.48 Å². The lowest BCUT2D eigenvalue weighted by Gasteiger charge is -2.21. The lowest BCUT2D eigenvalue weighted by molar-refractivity contribution is 0.539. The van der Waals surface area contributed by atoms with Crippen LogP contribution in [0.25, 0.3) is 0 Å². The number of para-hydroxylation sites is 1. The highest BCUT2D eigenvalue weighted by atomic mass is 35.5. The average Bonchev–Trinajstić information content (AvgIpc) is 2.53. The van der Waals surface area contributed by atoms with Crippen molar-refractivity contribution >= 4 is 17.5 Å². The first-order valence-electron chi connectivity index (χ1n) is 3.82. The van der Waals surface area contributed by atoms with E-state index in [9.17, 15) is 0 Å². The molecule has 0 fully saturated rings. The Morgan fingerprint density at radius 3 is 2.50 bits per heavy atom. The fourth-order valence-corrected chi connectivity index (χ4v) is 1.40. The van der Waals surface area contributed by atoms with Crippen molar-refractivity contribution in [2.45, 2.75) is 0 Å². The minimum absolute atomic E-state index is 0.760. The smallest absolute Gasteiger partial charge is 0.0586 e. The Bertz CT molecular complexity index is 284. The Balaban J connectivity index is 2.25. The standard InChI is InChI=1S/C9H9ClN2/c10-12-8-4-7-11(12)9-5-2-1-3-6-9/h1-7H,8H2. The van der Waals surface area contributed by atoms with Crippen LogP contribution in [0.5, 0.6) is 0 Å². The van der Waals surface area contributed by atoms with Crippen LogP contribution in [-0.2, 0) is 0 Å². The quantitative estimate of drug-likeness (QED) is 0.613. The first-order chi connectivity index (χ1) is 5.88. The van der Waals surface area contributed by atoms with E-state index in [4.69, 9.17) is 11.8 Å². The van der Waals surface area contributed by atoms with Gasteiger partial charge in [-0.3, -0.25) is 5.01 Å². The molecule has 1 heterocycles. The second-order valence-electron chi connectivity index (χ2n) is 2.58. The van der Waals surface area contributed by atoms with Crippen LogP contribution < -0.4 is 5.01 Å². The molecule has 2 rings (SSSR count). The number of nitrogens with zero attached hydrogens (tertiary/aromatic N) is 2. The summed E-state index contributed by atoms with van der Waals surface area (Å²) < 4.78 is 1.63. The number of hydrogen-bond donors (Lipinski definition) is 0. The summed E-state index contributed by atoms with van der Waals surface area (Å²) in [4.78, 5) is 0. The van der Waals surface area contributed by atoms with Crippen LogP contribution >= 0.6 is 11.8 Å². The van der Waals surface area contributed by atoms with E-state index in [-0.39, 0.29) is 0 Å². The Morgan fingerprint density at radius 2 is 1.92 bits per heavy atom. The third-order valence-corrected chi connectivity index (χ3v) is 2.06. The van der Waals surface area contributed by atoms with Crippen LogP contribution in [0.3, 0.4) is 0 Å². The number of hydrogen-bond acceptors (Lipinski definition) is 2. The molecule has 0 aromatic heterocycles. The predicted molar refractivity (Wildman–Crippen MR) is 50.6 cm³/mol. The van der Waals surface area contributed by atoms with Gasteiger partial charge in [-0.15, -0.1) is 4.53 Å². The van der Waals surface area contributed by atoms with Gasteiger partial charge in [0, 0.05) is 18.0 Å². The number of benzene rings is 1. The van der Waals surface area contributed by atoms with Crippen LogP contribution in [0.1, 0.15) is 0 Å². The number of rotatable bonds is 1. The maximum atomic E-state index is 5.91. The molecule has 0 atom stereocenters. The summed E-state index contributed by atoms with van der Waals surface area (Å²) in [5.41, 5.74) is 1.08. The summed E-state index contributed by atoms with van der Waals surface area (Å²) in [6, 6.07) is 10.0. The van der Waals surface area contributed by atoms with Crippen LogP contribution in [0.15, 0.2) is 42.6 Å². The van der Waals surface area contributed by atoms with Crippen molar-refractivity contribution in [1.29, 1.82) is 0 Å². The Labute approximate surface area is 76.7 Å². The molecule has 1 aromatic rings. The summed E-state index contributed by atoms with van der Waals surface area (Å²) in [7, 11) is 0. The fourth-order valence-electron chi connectivity index (χ4n) is 1.19. The van der Waals surface area contributed by atoms with Crippen LogP contribution in [-0.4, -0.2) is 11.1 Å². The Hall–Kier alpha value is -0.990. The summed E-state index contributed by atoms with van der Waals surface area (Å²) in [5, 5.41) is 1.90. The van der Waals surface area contributed by atoms with E-state index in [0.29, 0.717) is 0 Å². The minimum atomic E-state index is 0.760. The third-order valence-electron chi connectivity index (χ3n) is 1.76. The number of anilines is 1. The highest BCUT2D eigenvalue weighted by Crippen LogP contribution is 2.20. The molecule has 1 aliphatic rings. The molecule has 0 bridgehead atoms. The molecule has 0 N–H and O–H groups in total. The normalized spacial score (nSPS) is 17.2. The maximum Gasteiger partial charge on any atom is 0.0586 e. The average molecular weight is 181 g/mol. The highest BCUT2D eigenvalue weighted by Gasteiger charge is 2.14. The van der Waals surface area contributed by atoms with Gasteiger partial charge in [0.1, 0.15) is 0 Å². The fraction of sp³-hybridized carbons (Fsp3) is 0.111. The summed E-state index contributed by atoms with van der Waals surface area (Å²) in [5.74, 6) is 0. The number of halogens is 1. The minimum Gasteiger partial charge on any atom is -0.268 e. The van der Waals surface area contributed by atoms with Crippen LogP contribution in [0.4, 0.5) is 5.69 Å². The van der Waals surface area contributed by atoms with E-state index < -0.39 is 0 Å². The van der Waals surface area contributed by atoms with Crippen molar-refractivity contribution < 1.29 is 0 Å². The van der Waals surface area contributed by atoms with E-state index in [1.807, 2.05) is 47.6 Å². The van der Waals surface area contributed by atoms with Gasteiger partial charge in [-0.2, -0.15) is 0 Å². The monoisotopic (exact) mass is 180 g/mol. The van der Waals surface area contributed by atoms with Gasteiger partial charge in [-0.25, -0.2) is 0 Å². The molecule has 12 heavy (non-hydrogen) atoms. The molecule has 0 amide bonds. The lowest BCUT2D eigenvalue weighted by atomic mass is 10.3. The van der Waals surface area contributed by atoms with Gasteiger partial charge < -0.3 is 0 Å². The lowest BCUT2D eigenvalue weighted by Crippen LogP contribution is -2.26. The number of hydrazine groups is 1. The third kappa shape index (κ3) is 1.31. The zero-order valence-electron chi connectivity index (χ0n) is 6.52. The van der Waals surface area contributed by atoms with Crippen molar-refractivity contribution in [1.82, 2.24) is 4.53 Å². The van der Waals surface area contributed by atoms with Gasteiger partial charge in [-0.05, 0) is 18.2 Å². The second-order valence-corrected chi connectivity index (χ2v) is 2.97. The molecule has 0 aliphatic carbocycles. The molecule has 0 saturated heterocycles. The van der Waals surface area contributed by atoms with E-state index >= 15 is 0 Å². The molecular weight excluding hydrogens is 172 g/mol. The summed E-state index contributed by atoms with van der Waals surface area (Å²) in [6.45, 7) is 0.760. The van der Waals surface area contributed by atoms with Crippen LogP contribution in [0, 0.1) is 0 Å². The second kappa shape index (κ2) is 3.17. The molecule has 0 saturated carbocycles. The SMILES string of the molecule is ClN1CC=CN1c1ccccc1. The zero-order valence-corrected chi connectivity index (χ0v) is 7.28. The molecule has 62 valence electrons. The predicted octanol–water partition coefficient (Wildman–Crippen LogP) is 2.39. The van der Waals surface area contributed by atoms with Crippen molar-refractivity contribution in [2.24, 2.45) is 0 Å². The molecule has 0 unspecified atom stereocenters. The Kier molecular flexibility index (Phi) is 2.02. The Morgan fingerprint density at radius 1 is 1.17 bits per heavy atom. The largest absolute Gasteiger partial charge is 0.268 e. The zero-order chi connectivity index (χ0) is 8.39. The van der Waals surface area contributed by atoms with Crippen molar-refractivity contribution in [2.75, 3.05) is 11.6 Å². The van der Waals surface area contributed by atoms with Gasteiger partial charge in [0.15, 0.2) is 0 Å². The first kappa shape index (κ1) is 7.65. The van der Waals surface area contributed by atoms with Gasteiger partial charge in [0.25, 0.3) is 0 Å². The maximum absolute atomic E-state index is 5.91. The van der Waals surface area contributed by atoms with E-state index in [0.717, 1.165) is 12.2 Å². The van der Waals surface area contributed by atoms with Gasteiger partial charge in [0.2, 0.25) is 0 Å². The van der Waals surface area contributed by atoms with Crippen molar-refractivity contribution in [3.63, 3.8) is 0 Å². The van der Waals surface area contributed by atoms with E-state index in [2.05, 4.69) is 0 Å². The molecular formula is C9H9ClN2. The van der Waals surface area contributed by atoms with Crippen molar-refractivity contribution in [3.05, 3.63) is 42.6 Å². The highest BCUT2D eigenvalue weighted by molar-refractivity contribution is 6.14. The van der Waals surface area contributed by atoms with E-state index in [1.165, 1.54) is 0 Å². The molecule has 0 radical (unpaired) electrons. The molecule has 2 nitrogen and oxygen atoms in total. The van der Waals surface area contributed by atoms with Gasteiger partial charge in [0.05, 0.1) is 12.2 Å². The molecule has 1 aliphatic heterocycles. The van der Waals surface area contributed by atoms with Crippen molar-refractivity contribution in [3.8, 4) is 0 Å². The van der Waals surface area contributed by atoms with Gasteiger partial charge in [-0.1, -0.05) is 18.2 Å².